The van der Waals surface area contributed by atoms with Crippen LogP contribution in [0.25, 0.3) is 0 Å². The molecule has 3 nitrogen and oxygen atoms in total. The molecule has 0 aliphatic heterocycles. The molecule has 0 unspecified atom stereocenters. The largest absolute Gasteiger partial charge is 3.00 e. The van der Waals surface area contributed by atoms with Crippen LogP contribution < -0.4 is 0 Å². The number of hydrogen-bond acceptors (Lipinski definition) is 3. The van der Waals surface area contributed by atoms with Crippen LogP contribution in [0, 0.1) is 0 Å². The van der Waals surface area contributed by atoms with Crippen molar-refractivity contribution in [3.05, 3.63) is 0 Å². The molecule has 0 aromatic rings. The topological polar surface area (TPSA) is 60.7 Å². The molecule has 0 aromatic heterocycles. The third-order valence-electron chi connectivity index (χ3n) is 1.54. The third-order valence-corrected chi connectivity index (χ3v) is 1.54. The minimum absolute atomic E-state index is 0. The van der Waals surface area contributed by atoms with Crippen LogP contribution in [-0.2, 0) is 0 Å². The number of unbranched alkanes of at least 4 members (excludes halogenated alkanes) is 3. The maximum absolute atomic E-state index is 8.07. The van der Waals surface area contributed by atoms with Crippen molar-refractivity contribution in [3.63, 3.8) is 0 Å². The summed E-state index contributed by atoms with van der Waals surface area (Å²) in [6.07, 6.45) is 6.11. The summed E-state index contributed by atoms with van der Waals surface area (Å²) >= 11 is 0. The SMILES string of the molecule is CCCCO.CCCCO.CCCCO.[Al+3].[Al+3]. The summed E-state index contributed by atoms with van der Waals surface area (Å²) in [5, 5.41) is 24.2. The average Bonchev–Trinajstić information content (AvgIpc) is 2.23. The molecule has 0 aliphatic rings. The maximum atomic E-state index is 8.07. The van der Waals surface area contributed by atoms with Crippen molar-refractivity contribution in [3.8, 4) is 0 Å². The molecule has 0 heterocycles. The molecule has 0 atom stereocenters. The van der Waals surface area contributed by atoms with Crippen molar-refractivity contribution in [2.24, 2.45) is 0 Å². The fourth-order valence-electron chi connectivity index (χ4n) is 0.474. The van der Waals surface area contributed by atoms with E-state index >= 15 is 0 Å². The maximum Gasteiger partial charge on any atom is 3.00 e. The standard InChI is InChI=1S/3C4H10O.2Al/c3*1-2-3-4-5;;/h3*5H,2-4H2,1H3;;/q;;;2*+3. The van der Waals surface area contributed by atoms with Crippen molar-refractivity contribution in [1.29, 1.82) is 0 Å². The molecule has 17 heavy (non-hydrogen) atoms. The van der Waals surface area contributed by atoms with E-state index in [9.17, 15) is 0 Å². The smallest absolute Gasteiger partial charge is 0.396 e. The van der Waals surface area contributed by atoms with Crippen molar-refractivity contribution >= 4 is 34.7 Å². The fraction of sp³-hybridized carbons (Fsp3) is 1.00. The molecule has 0 bridgehead atoms. The van der Waals surface area contributed by atoms with Gasteiger partial charge in [-0.05, 0) is 19.3 Å². The molecule has 0 rings (SSSR count). The third kappa shape index (κ3) is 78.5. The van der Waals surface area contributed by atoms with Crippen LogP contribution in [0.3, 0.4) is 0 Å². The Bertz CT molecular complexity index is 56.5. The van der Waals surface area contributed by atoms with Gasteiger partial charge in [0.1, 0.15) is 0 Å². The minimum Gasteiger partial charge on any atom is -0.396 e. The predicted molar refractivity (Wildman–Crippen MR) is 77.5 cm³/mol. The van der Waals surface area contributed by atoms with Gasteiger partial charge in [0.2, 0.25) is 0 Å². The van der Waals surface area contributed by atoms with Gasteiger partial charge >= 0.3 is 34.7 Å². The first-order valence-electron chi connectivity index (χ1n) is 6.07. The van der Waals surface area contributed by atoms with Crippen molar-refractivity contribution < 1.29 is 15.3 Å². The molecule has 5 heteroatoms. The van der Waals surface area contributed by atoms with Gasteiger partial charge in [-0.3, -0.25) is 0 Å². The zero-order valence-electron chi connectivity index (χ0n) is 11.9. The zero-order chi connectivity index (χ0) is 12.4. The van der Waals surface area contributed by atoms with E-state index in [1.807, 2.05) is 0 Å². The number of aliphatic hydroxyl groups excluding tert-OH is 3. The van der Waals surface area contributed by atoms with Gasteiger partial charge < -0.3 is 15.3 Å². The van der Waals surface area contributed by atoms with Crippen molar-refractivity contribution in [2.45, 2.75) is 59.3 Å². The molecular formula is C12H30Al2O3+6. The Labute approximate surface area is 129 Å². The van der Waals surface area contributed by atoms with Gasteiger partial charge in [-0.2, -0.15) is 0 Å². The first-order valence-corrected chi connectivity index (χ1v) is 6.07. The van der Waals surface area contributed by atoms with E-state index in [4.69, 9.17) is 15.3 Å². The minimum atomic E-state index is 0. The second-order valence-electron chi connectivity index (χ2n) is 3.23. The summed E-state index contributed by atoms with van der Waals surface area (Å²) in [6.45, 7) is 7.19. The summed E-state index contributed by atoms with van der Waals surface area (Å²) in [5.41, 5.74) is 0. The molecule has 0 aromatic carbocycles. The van der Waals surface area contributed by atoms with Crippen LogP contribution in [0.5, 0.6) is 0 Å². The normalized spacial score (nSPS) is 7.41. The molecule has 0 saturated heterocycles. The Balaban J connectivity index is -0.0000000400. The molecule has 3 N–H and O–H groups in total. The second-order valence-corrected chi connectivity index (χ2v) is 3.23. The molecule has 96 valence electrons. The van der Waals surface area contributed by atoms with Gasteiger partial charge in [0.15, 0.2) is 0 Å². The summed E-state index contributed by atoms with van der Waals surface area (Å²) in [6, 6.07) is 0. The molecule has 0 spiro atoms. The average molecular weight is 276 g/mol. The van der Waals surface area contributed by atoms with Crippen molar-refractivity contribution in [1.82, 2.24) is 0 Å². The van der Waals surface area contributed by atoms with E-state index in [-0.39, 0.29) is 34.7 Å². The van der Waals surface area contributed by atoms with Gasteiger partial charge in [-0.1, -0.05) is 40.0 Å². The Morgan fingerprint density at radius 3 is 0.706 bits per heavy atom. The zero-order valence-corrected chi connectivity index (χ0v) is 14.2. The van der Waals surface area contributed by atoms with Gasteiger partial charge in [0.05, 0.1) is 0 Å². The summed E-state index contributed by atoms with van der Waals surface area (Å²) in [5.74, 6) is 0. The predicted octanol–water partition coefficient (Wildman–Crippen LogP) is 1.57. The van der Waals surface area contributed by atoms with Crippen LogP contribution in [0.15, 0.2) is 0 Å². The number of hydrogen-bond donors (Lipinski definition) is 3. The number of aliphatic hydroxyl groups is 3. The molecule has 0 fully saturated rings. The molecule has 0 radical (unpaired) electrons. The van der Waals surface area contributed by atoms with Gasteiger partial charge in [-0.25, -0.2) is 0 Å². The quantitative estimate of drug-likeness (QED) is 0.645. The first-order chi connectivity index (χ1) is 7.24. The Morgan fingerprint density at radius 1 is 0.529 bits per heavy atom. The Kier molecular flexibility index (Phi) is 78.8. The second kappa shape index (κ2) is 43.6. The number of rotatable bonds is 6. The van der Waals surface area contributed by atoms with Crippen LogP contribution in [-0.4, -0.2) is 69.9 Å². The van der Waals surface area contributed by atoms with Crippen LogP contribution >= 0.6 is 0 Å². The van der Waals surface area contributed by atoms with E-state index < -0.39 is 0 Å². The van der Waals surface area contributed by atoms with Gasteiger partial charge in [-0.15, -0.1) is 0 Å². The molecule has 0 amide bonds. The van der Waals surface area contributed by atoms with E-state index in [1.54, 1.807) is 0 Å². The summed E-state index contributed by atoms with van der Waals surface area (Å²) < 4.78 is 0. The van der Waals surface area contributed by atoms with Crippen LogP contribution in [0.2, 0.25) is 0 Å². The van der Waals surface area contributed by atoms with Crippen LogP contribution in [0.4, 0.5) is 0 Å². The van der Waals surface area contributed by atoms with E-state index in [0.717, 1.165) is 38.5 Å². The summed E-state index contributed by atoms with van der Waals surface area (Å²) in [4.78, 5) is 0. The van der Waals surface area contributed by atoms with E-state index in [2.05, 4.69) is 20.8 Å². The monoisotopic (exact) mass is 276 g/mol. The molecule has 0 saturated carbocycles. The van der Waals surface area contributed by atoms with E-state index in [0.29, 0.717) is 19.8 Å². The fourth-order valence-corrected chi connectivity index (χ4v) is 0.474. The molecular weight excluding hydrogens is 246 g/mol. The summed E-state index contributed by atoms with van der Waals surface area (Å²) in [7, 11) is 0. The Morgan fingerprint density at radius 2 is 0.706 bits per heavy atom. The molecule has 0 aliphatic carbocycles. The van der Waals surface area contributed by atoms with Crippen molar-refractivity contribution in [2.75, 3.05) is 19.8 Å². The van der Waals surface area contributed by atoms with Gasteiger partial charge in [0.25, 0.3) is 0 Å². The van der Waals surface area contributed by atoms with Crippen LogP contribution in [0.1, 0.15) is 59.3 Å². The van der Waals surface area contributed by atoms with E-state index in [1.165, 1.54) is 0 Å². The van der Waals surface area contributed by atoms with Gasteiger partial charge in [0, 0.05) is 19.8 Å². The Hall–Kier alpha value is 0.945. The first kappa shape index (κ1) is 30.7.